The zero-order valence-corrected chi connectivity index (χ0v) is 11.1. The molecule has 1 aromatic heterocycles. The van der Waals surface area contributed by atoms with Gasteiger partial charge in [-0.25, -0.2) is 4.98 Å². The van der Waals surface area contributed by atoms with Crippen molar-refractivity contribution in [2.45, 2.75) is 0 Å². The molecule has 100 valence electrons. The minimum absolute atomic E-state index is 0.581. The average Bonchev–Trinajstić information content (AvgIpc) is 2.49. The van der Waals surface area contributed by atoms with Gasteiger partial charge in [0.25, 0.3) is 0 Å². The topological polar surface area (TPSA) is 60.2 Å². The van der Waals surface area contributed by atoms with E-state index in [2.05, 4.69) is 10.3 Å². The minimum Gasteiger partial charge on any atom is -0.438 e. The molecule has 0 fully saturated rings. The SMILES string of the molecule is CNc1cccc2ccnc(Oc3ccc(N)cc3)c12. The van der Waals surface area contributed by atoms with Crippen LogP contribution in [0.2, 0.25) is 0 Å². The van der Waals surface area contributed by atoms with Crippen LogP contribution in [0.4, 0.5) is 11.4 Å². The van der Waals surface area contributed by atoms with E-state index in [-0.39, 0.29) is 0 Å². The predicted molar refractivity (Wildman–Crippen MR) is 82.2 cm³/mol. The van der Waals surface area contributed by atoms with Crippen molar-refractivity contribution in [1.82, 2.24) is 4.98 Å². The lowest BCUT2D eigenvalue weighted by molar-refractivity contribution is 0.469. The quantitative estimate of drug-likeness (QED) is 0.710. The molecule has 0 bridgehead atoms. The van der Waals surface area contributed by atoms with Gasteiger partial charge in [-0.1, -0.05) is 12.1 Å². The number of nitrogens with one attached hydrogen (secondary N) is 1. The number of nitrogens with two attached hydrogens (primary N) is 1. The highest BCUT2D eigenvalue weighted by molar-refractivity contribution is 5.97. The monoisotopic (exact) mass is 265 g/mol. The molecule has 0 amide bonds. The highest BCUT2D eigenvalue weighted by atomic mass is 16.5. The molecule has 0 aliphatic carbocycles. The Hall–Kier alpha value is -2.75. The first-order valence-corrected chi connectivity index (χ1v) is 6.37. The van der Waals surface area contributed by atoms with Crippen LogP contribution in [0.25, 0.3) is 10.8 Å². The lowest BCUT2D eigenvalue weighted by Gasteiger charge is -2.11. The van der Waals surface area contributed by atoms with Gasteiger partial charge in [-0.3, -0.25) is 0 Å². The summed E-state index contributed by atoms with van der Waals surface area (Å²) in [5.41, 5.74) is 7.37. The third-order valence-electron chi connectivity index (χ3n) is 3.12. The molecule has 0 atom stereocenters. The Morgan fingerprint density at radius 2 is 1.85 bits per heavy atom. The van der Waals surface area contributed by atoms with Gasteiger partial charge >= 0.3 is 0 Å². The lowest BCUT2D eigenvalue weighted by atomic mass is 10.1. The second-order valence-electron chi connectivity index (χ2n) is 4.44. The van der Waals surface area contributed by atoms with E-state index in [1.54, 1.807) is 18.3 Å². The predicted octanol–water partition coefficient (Wildman–Crippen LogP) is 3.65. The summed E-state index contributed by atoms with van der Waals surface area (Å²) in [6.45, 7) is 0. The van der Waals surface area contributed by atoms with E-state index in [1.807, 2.05) is 43.4 Å². The average molecular weight is 265 g/mol. The zero-order chi connectivity index (χ0) is 13.9. The Kier molecular flexibility index (Phi) is 3.13. The molecule has 3 N–H and O–H groups in total. The number of fused-ring (bicyclic) bond motifs is 1. The number of hydrogen-bond acceptors (Lipinski definition) is 4. The Bertz CT molecular complexity index is 733. The second-order valence-corrected chi connectivity index (χ2v) is 4.44. The highest BCUT2D eigenvalue weighted by Crippen LogP contribution is 2.33. The van der Waals surface area contributed by atoms with Crippen LogP contribution in [-0.4, -0.2) is 12.0 Å². The number of benzene rings is 2. The van der Waals surface area contributed by atoms with Crippen LogP contribution in [0.1, 0.15) is 0 Å². The van der Waals surface area contributed by atoms with Crippen molar-refractivity contribution in [3.8, 4) is 11.6 Å². The Morgan fingerprint density at radius 3 is 2.60 bits per heavy atom. The Labute approximate surface area is 117 Å². The smallest absolute Gasteiger partial charge is 0.229 e. The minimum atomic E-state index is 0.581. The van der Waals surface area contributed by atoms with Gasteiger partial charge in [-0.05, 0) is 41.8 Å². The number of nitrogens with zero attached hydrogens (tertiary/aromatic N) is 1. The molecule has 4 nitrogen and oxygen atoms in total. The fraction of sp³-hybridized carbons (Fsp3) is 0.0625. The molecule has 0 aliphatic heterocycles. The molecule has 0 aliphatic rings. The maximum atomic E-state index is 5.88. The van der Waals surface area contributed by atoms with E-state index in [4.69, 9.17) is 10.5 Å². The molecule has 3 aromatic rings. The van der Waals surface area contributed by atoms with E-state index in [0.29, 0.717) is 17.3 Å². The largest absolute Gasteiger partial charge is 0.438 e. The van der Waals surface area contributed by atoms with Crippen molar-refractivity contribution in [3.63, 3.8) is 0 Å². The molecule has 1 heterocycles. The fourth-order valence-electron chi connectivity index (χ4n) is 2.13. The summed E-state index contributed by atoms with van der Waals surface area (Å²) in [4.78, 5) is 4.34. The van der Waals surface area contributed by atoms with Gasteiger partial charge in [0.05, 0.1) is 5.39 Å². The van der Waals surface area contributed by atoms with Gasteiger partial charge in [0.2, 0.25) is 5.88 Å². The first-order valence-electron chi connectivity index (χ1n) is 6.37. The summed E-state index contributed by atoms with van der Waals surface area (Å²) in [6.07, 6.45) is 1.74. The highest BCUT2D eigenvalue weighted by Gasteiger charge is 2.08. The van der Waals surface area contributed by atoms with Gasteiger partial charge in [-0.15, -0.1) is 0 Å². The van der Waals surface area contributed by atoms with Crippen molar-refractivity contribution in [2.75, 3.05) is 18.1 Å². The summed E-state index contributed by atoms with van der Waals surface area (Å²) in [6, 6.07) is 15.3. The number of hydrogen-bond donors (Lipinski definition) is 2. The van der Waals surface area contributed by atoms with Crippen molar-refractivity contribution >= 4 is 22.1 Å². The van der Waals surface area contributed by atoms with Gasteiger partial charge in [0.1, 0.15) is 5.75 Å². The first kappa shape index (κ1) is 12.3. The summed E-state index contributed by atoms with van der Waals surface area (Å²) in [5, 5.41) is 5.21. The molecule has 4 heteroatoms. The van der Waals surface area contributed by atoms with Gasteiger partial charge in [0.15, 0.2) is 0 Å². The number of nitrogen functional groups attached to an aromatic ring is 1. The van der Waals surface area contributed by atoms with E-state index >= 15 is 0 Å². The number of aromatic nitrogens is 1. The molecule has 3 rings (SSSR count). The second kappa shape index (κ2) is 5.09. The van der Waals surface area contributed by atoms with Crippen LogP contribution in [0.5, 0.6) is 11.6 Å². The van der Waals surface area contributed by atoms with E-state index < -0.39 is 0 Å². The summed E-state index contributed by atoms with van der Waals surface area (Å²) >= 11 is 0. The van der Waals surface area contributed by atoms with Gasteiger partial charge in [0, 0.05) is 24.6 Å². The molecule has 0 unspecified atom stereocenters. The van der Waals surface area contributed by atoms with E-state index in [1.165, 1.54) is 0 Å². The third kappa shape index (κ3) is 2.23. The number of pyridine rings is 1. The summed E-state index contributed by atoms with van der Waals surface area (Å²) in [7, 11) is 1.88. The summed E-state index contributed by atoms with van der Waals surface area (Å²) < 4.78 is 5.88. The summed E-state index contributed by atoms with van der Waals surface area (Å²) in [5.74, 6) is 1.29. The molecular formula is C16H15N3O. The number of anilines is 2. The van der Waals surface area contributed by atoms with Crippen molar-refractivity contribution in [3.05, 3.63) is 54.7 Å². The molecule has 0 saturated heterocycles. The maximum Gasteiger partial charge on any atom is 0.229 e. The van der Waals surface area contributed by atoms with Crippen LogP contribution < -0.4 is 15.8 Å². The van der Waals surface area contributed by atoms with Crippen LogP contribution in [0.3, 0.4) is 0 Å². The van der Waals surface area contributed by atoms with E-state index in [9.17, 15) is 0 Å². The number of rotatable bonds is 3. The third-order valence-corrected chi connectivity index (χ3v) is 3.12. The number of ether oxygens (including phenoxy) is 1. The first-order chi connectivity index (χ1) is 9.78. The molecular weight excluding hydrogens is 250 g/mol. The maximum absolute atomic E-state index is 5.88. The van der Waals surface area contributed by atoms with Crippen molar-refractivity contribution in [2.24, 2.45) is 0 Å². The Morgan fingerprint density at radius 1 is 1.05 bits per heavy atom. The normalized spacial score (nSPS) is 10.4. The van der Waals surface area contributed by atoms with Crippen LogP contribution in [0, 0.1) is 0 Å². The lowest BCUT2D eigenvalue weighted by Crippen LogP contribution is -1.94. The van der Waals surface area contributed by atoms with Crippen LogP contribution in [-0.2, 0) is 0 Å². The van der Waals surface area contributed by atoms with Gasteiger partial charge in [-0.2, -0.15) is 0 Å². The van der Waals surface area contributed by atoms with Crippen LogP contribution in [0.15, 0.2) is 54.7 Å². The molecule has 0 saturated carbocycles. The van der Waals surface area contributed by atoms with Crippen molar-refractivity contribution in [1.29, 1.82) is 0 Å². The fourth-order valence-corrected chi connectivity index (χ4v) is 2.13. The van der Waals surface area contributed by atoms with E-state index in [0.717, 1.165) is 16.5 Å². The Balaban J connectivity index is 2.09. The van der Waals surface area contributed by atoms with Gasteiger partial charge < -0.3 is 15.8 Å². The zero-order valence-electron chi connectivity index (χ0n) is 11.1. The standard InChI is InChI=1S/C16H15N3O/c1-18-14-4-2-3-11-9-10-19-16(15(11)14)20-13-7-5-12(17)6-8-13/h2-10,18H,17H2,1H3. The molecule has 0 radical (unpaired) electrons. The molecule has 20 heavy (non-hydrogen) atoms. The van der Waals surface area contributed by atoms with Crippen molar-refractivity contribution < 1.29 is 4.74 Å². The molecule has 0 spiro atoms. The molecule has 2 aromatic carbocycles. The van der Waals surface area contributed by atoms with Crippen LogP contribution >= 0.6 is 0 Å².